The molecule has 2 aromatic rings. The van der Waals surface area contributed by atoms with Crippen LogP contribution in [0.15, 0.2) is 27.9 Å². The maximum atomic E-state index is 12.4. The van der Waals surface area contributed by atoms with Crippen molar-refractivity contribution < 1.29 is 4.74 Å². The second kappa shape index (κ2) is 6.37. The topological polar surface area (TPSA) is 87.9 Å². The lowest BCUT2D eigenvalue weighted by Crippen LogP contribution is -2.27. The molecule has 6 heteroatoms. The summed E-state index contributed by atoms with van der Waals surface area (Å²) >= 11 is 0. The fourth-order valence-corrected chi connectivity index (χ4v) is 2.12. The first-order chi connectivity index (χ1) is 10.1. The van der Waals surface area contributed by atoms with Crippen molar-refractivity contribution in [2.24, 2.45) is 0 Å². The molecule has 0 spiro atoms. The van der Waals surface area contributed by atoms with Crippen LogP contribution < -0.4 is 11.1 Å². The van der Waals surface area contributed by atoms with E-state index >= 15 is 0 Å². The molecule has 2 rings (SSSR count). The Morgan fingerprint density at radius 3 is 2.90 bits per heavy atom. The van der Waals surface area contributed by atoms with Gasteiger partial charge in [0.2, 0.25) is 0 Å². The number of H-pyrrole nitrogens is 1. The largest absolute Gasteiger partial charge is 0.377 e. The van der Waals surface area contributed by atoms with Gasteiger partial charge in [0, 0.05) is 12.8 Å². The first-order valence-corrected chi connectivity index (χ1v) is 6.85. The van der Waals surface area contributed by atoms with Crippen molar-refractivity contribution in [3.05, 3.63) is 44.6 Å². The van der Waals surface area contributed by atoms with Gasteiger partial charge in [-0.1, -0.05) is 6.92 Å². The van der Waals surface area contributed by atoms with Crippen LogP contribution in [-0.4, -0.2) is 22.3 Å². The number of pyridine rings is 2. The molecule has 110 valence electrons. The Morgan fingerprint density at radius 1 is 1.48 bits per heavy atom. The zero-order chi connectivity index (χ0) is 15.4. The minimum atomic E-state index is -0.484. The van der Waals surface area contributed by atoms with Crippen LogP contribution in [0, 0.1) is 11.3 Å². The van der Waals surface area contributed by atoms with Crippen LogP contribution in [0.4, 0.5) is 0 Å². The fourth-order valence-electron chi connectivity index (χ4n) is 2.12. The number of rotatable bonds is 5. The lowest BCUT2D eigenvalue weighted by molar-refractivity contribution is 0.0542. The maximum Gasteiger partial charge on any atom is 0.266 e. The molecule has 0 aromatic carbocycles. The number of aromatic amines is 1. The molecule has 0 saturated carbocycles. The van der Waals surface area contributed by atoms with Crippen LogP contribution >= 0.6 is 0 Å². The van der Waals surface area contributed by atoms with Crippen LogP contribution in [0.25, 0.3) is 10.9 Å². The summed E-state index contributed by atoms with van der Waals surface area (Å²) in [6, 6.07) is 4.78. The van der Waals surface area contributed by atoms with E-state index in [1.54, 1.807) is 18.3 Å². The molecule has 2 aromatic heterocycles. The number of nitrogens with one attached hydrogen (secondary N) is 1. The quantitative estimate of drug-likeness (QED) is 0.899. The molecule has 2 heterocycles. The van der Waals surface area contributed by atoms with Gasteiger partial charge in [0.25, 0.3) is 11.1 Å². The van der Waals surface area contributed by atoms with Crippen molar-refractivity contribution in [2.45, 2.75) is 32.9 Å². The van der Waals surface area contributed by atoms with Gasteiger partial charge in [0.1, 0.15) is 11.6 Å². The summed E-state index contributed by atoms with van der Waals surface area (Å²) < 4.78 is 7.09. The van der Waals surface area contributed by atoms with E-state index in [0.29, 0.717) is 24.1 Å². The highest BCUT2D eigenvalue weighted by molar-refractivity contribution is 5.78. The van der Waals surface area contributed by atoms with Gasteiger partial charge < -0.3 is 14.3 Å². The van der Waals surface area contributed by atoms with E-state index in [-0.39, 0.29) is 17.2 Å². The van der Waals surface area contributed by atoms with Crippen LogP contribution in [0.3, 0.4) is 0 Å². The Balaban J connectivity index is 2.42. The van der Waals surface area contributed by atoms with E-state index in [2.05, 4.69) is 4.98 Å². The fraction of sp³-hybridized carbons (Fsp3) is 0.400. The SMILES string of the molecule is CCCO[C@H](C)Cn1ccc2[nH]c(=O)c(C#N)cc2c1=O. The second-order valence-corrected chi connectivity index (χ2v) is 4.91. The van der Waals surface area contributed by atoms with Gasteiger partial charge in [-0.05, 0) is 25.5 Å². The number of fused-ring (bicyclic) bond motifs is 1. The third-order valence-electron chi connectivity index (χ3n) is 3.16. The second-order valence-electron chi connectivity index (χ2n) is 4.91. The minimum Gasteiger partial charge on any atom is -0.377 e. The Kier molecular flexibility index (Phi) is 4.55. The zero-order valence-electron chi connectivity index (χ0n) is 12.0. The molecule has 0 amide bonds. The molecule has 21 heavy (non-hydrogen) atoms. The molecular formula is C15H17N3O3. The molecule has 0 aliphatic heterocycles. The molecular weight excluding hydrogens is 270 g/mol. The van der Waals surface area contributed by atoms with Gasteiger partial charge in [-0.15, -0.1) is 0 Å². The number of ether oxygens (including phenoxy) is 1. The third kappa shape index (κ3) is 3.20. The maximum absolute atomic E-state index is 12.4. The highest BCUT2D eigenvalue weighted by atomic mass is 16.5. The van der Waals surface area contributed by atoms with E-state index in [9.17, 15) is 9.59 Å². The van der Waals surface area contributed by atoms with Gasteiger partial charge >= 0.3 is 0 Å². The lowest BCUT2D eigenvalue weighted by atomic mass is 10.2. The molecule has 0 radical (unpaired) electrons. The van der Waals surface area contributed by atoms with Crippen molar-refractivity contribution in [3.8, 4) is 6.07 Å². The van der Waals surface area contributed by atoms with Gasteiger partial charge in [-0.25, -0.2) is 0 Å². The van der Waals surface area contributed by atoms with Crippen molar-refractivity contribution in [3.63, 3.8) is 0 Å². The average Bonchev–Trinajstić information content (AvgIpc) is 2.47. The standard InChI is InChI=1S/C15H17N3O3/c1-3-6-21-10(2)9-18-5-4-13-12(15(18)20)7-11(8-16)14(19)17-13/h4-5,7,10H,3,6,9H2,1-2H3,(H,17,19)/t10-/m1/s1. The Bertz CT molecular complexity index is 798. The zero-order valence-corrected chi connectivity index (χ0v) is 12.0. The molecule has 0 bridgehead atoms. The Morgan fingerprint density at radius 2 is 2.24 bits per heavy atom. The van der Waals surface area contributed by atoms with Crippen molar-refractivity contribution in [1.29, 1.82) is 5.26 Å². The normalized spacial score (nSPS) is 12.2. The summed E-state index contributed by atoms with van der Waals surface area (Å²) in [5, 5.41) is 9.21. The summed E-state index contributed by atoms with van der Waals surface area (Å²) in [7, 11) is 0. The van der Waals surface area contributed by atoms with Crippen LogP contribution in [-0.2, 0) is 11.3 Å². The predicted molar refractivity (Wildman–Crippen MR) is 79.2 cm³/mol. The van der Waals surface area contributed by atoms with Gasteiger partial charge in [-0.2, -0.15) is 5.26 Å². The Hall–Kier alpha value is -2.39. The molecule has 6 nitrogen and oxygen atoms in total. The number of aromatic nitrogens is 2. The van der Waals surface area contributed by atoms with Gasteiger partial charge in [0.15, 0.2) is 0 Å². The van der Waals surface area contributed by atoms with Crippen LogP contribution in [0.1, 0.15) is 25.8 Å². The summed E-state index contributed by atoms with van der Waals surface area (Å²) in [4.78, 5) is 26.5. The summed E-state index contributed by atoms with van der Waals surface area (Å²) in [6.45, 7) is 5.00. The van der Waals surface area contributed by atoms with E-state index in [4.69, 9.17) is 10.00 Å². The molecule has 0 fully saturated rings. The van der Waals surface area contributed by atoms with E-state index in [0.717, 1.165) is 6.42 Å². The molecule has 0 unspecified atom stereocenters. The molecule has 0 aliphatic rings. The third-order valence-corrected chi connectivity index (χ3v) is 3.16. The monoisotopic (exact) mass is 287 g/mol. The summed E-state index contributed by atoms with van der Waals surface area (Å²) in [5.41, 5.74) is -0.357. The summed E-state index contributed by atoms with van der Waals surface area (Å²) in [6.07, 6.45) is 2.46. The van der Waals surface area contributed by atoms with Crippen LogP contribution in [0.5, 0.6) is 0 Å². The van der Waals surface area contributed by atoms with Crippen LogP contribution in [0.2, 0.25) is 0 Å². The number of nitrogens with zero attached hydrogens (tertiary/aromatic N) is 2. The number of nitriles is 1. The van der Waals surface area contributed by atoms with E-state index in [1.807, 2.05) is 13.8 Å². The van der Waals surface area contributed by atoms with Gasteiger partial charge in [-0.3, -0.25) is 9.59 Å². The molecule has 0 aliphatic carbocycles. The van der Waals surface area contributed by atoms with Gasteiger partial charge in [0.05, 0.1) is 23.6 Å². The minimum absolute atomic E-state index is 0.0624. The highest BCUT2D eigenvalue weighted by Crippen LogP contribution is 2.06. The number of hydrogen-bond acceptors (Lipinski definition) is 4. The summed E-state index contributed by atoms with van der Waals surface area (Å²) in [5.74, 6) is 0. The van der Waals surface area contributed by atoms with Crippen molar-refractivity contribution >= 4 is 10.9 Å². The van der Waals surface area contributed by atoms with E-state index in [1.165, 1.54) is 10.6 Å². The van der Waals surface area contributed by atoms with Crippen molar-refractivity contribution in [2.75, 3.05) is 6.61 Å². The predicted octanol–water partition coefficient (Wildman–Crippen LogP) is 1.38. The van der Waals surface area contributed by atoms with E-state index < -0.39 is 5.56 Å². The average molecular weight is 287 g/mol. The molecule has 1 N–H and O–H groups in total. The first kappa shape index (κ1) is 15.0. The smallest absolute Gasteiger partial charge is 0.266 e. The Labute approximate surface area is 121 Å². The molecule has 1 atom stereocenters. The lowest BCUT2D eigenvalue weighted by Gasteiger charge is -2.14. The first-order valence-electron chi connectivity index (χ1n) is 6.85. The van der Waals surface area contributed by atoms with Crippen molar-refractivity contribution in [1.82, 2.24) is 9.55 Å². The highest BCUT2D eigenvalue weighted by Gasteiger charge is 2.09. The number of hydrogen-bond donors (Lipinski definition) is 1. The molecule has 0 saturated heterocycles.